The largest absolute Gasteiger partial charge is 0.342 e. The van der Waals surface area contributed by atoms with Crippen molar-refractivity contribution in [1.82, 2.24) is 0 Å². The van der Waals surface area contributed by atoms with E-state index in [4.69, 9.17) is 0 Å². The van der Waals surface area contributed by atoms with Crippen LogP contribution in [0.4, 0.5) is 11.4 Å². The highest BCUT2D eigenvalue weighted by molar-refractivity contribution is 5.60. The Bertz CT molecular complexity index is 603. The first-order chi connectivity index (χ1) is 9.69. The van der Waals surface area contributed by atoms with E-state index >= 15 is 0 Å². The van der Waals surface area contributed by atoms with Gasteiger partial charge in [-0.25, -0.2) is 0 Å². The second-order valence-electron chi connectivity index (χ2n) is 4.61. The van der Waals surface area contributed by atoms with Crippen molar-refractivity contribution in [3.05, 3.63) is 72.1 Å². The zero-order valence-electron chi connectivity index (χ0n) is 11.5. The Hall–Kier alpha value is -2.55. The number of para-hydroxylation sites is 1. The number of nitrogens with one attached hydrogen (secondary N) is 2. The lowest BCUT2D eigenvalue weighted by Gasteiger charge is -2.14. The number of carbonyl (C=O) groups is 1. The van der Waals surface area contributed by atoms with E-state index < -0.39 is 0 Å². The van der Waals surface area contributed by atoms with Crippen molar-refractivity contribution < 1.29 is 4.79 Å². The van der Waals surface area contributed by atoms with Gasteiger partial charge >= 0.3 is 0 Å². The molecule has 3 heteroatoms. The zero-order valence-corrected chi connectivity index (χ0v) is 11.5. The minimum atomic E-state index is 0.447. The van der Waals surface area contributed by atoms with Gasteiger partial charge in [0, 0.05) is 17.8 Å². The summed E-state index contributed by atoms with van der Waals surface area (Å²) in [6.07, 6.45) is 1.35. The first-order valence-corrected chi connectivity index (χ1v) is 6.50. The molecular formula is C17H18N2O. The Balaban J connectivity index is 1.97. The summed E-state index contributed by atoms with van der Waals surface area (Å²) in [6.45, 7) is 6.01. The summed E-state index contributed by atoms with van der Waals surface area (Å²) in [6, 6.07) is 15.8. The smallest absolute Gasteiger partial charge is 0.124 e. The number of aryl methyl sites for hydroxylation is 1. The fourth-order valence-electron chi connectivity index (χ4n) is 1.90. The van der Waals surface area contributed by atoms with Crippen molar-refractivity contribution in [3.8, 4) is 0 Å². The average Bonchev–Trinajstić information content (AvgIpc) is 2.44. The maximum atomic E-state index is 10.4. The maximum Gasteiger partial charge on any atom is 0.124 e. The minimum absolute atomic E-state index is 0.447. The molecule has 0 bridgehead atoms. The van der Waals surface area contributed by atoms with Crippen LogP contribution in [0.1, 0.15) is 11.1 Å². The molecule has 0 aliphatic rings. The summed E-state index contributed by atoms with van der Waals surface area (Å²) in [5.74, 6) is 0.711. The monoisotopic (exact) mass is 266 g/mol. The van der Waals surface area contributed by atoms with Crippen LogP contribution in [0.25, 0.3) is 0 Å². The van der Waals surface area contributed by atoms with E-state index in [2.05, 4.69) is 17.2 Å². The normalized spacial score (nSPS) is 9.85. The van der Waals surface area contributed by atoms with Gasteiger partial charge in [-0.05, 0) is 36.2 Å². The first kappa shape index (κ1) is 13.9. The maximum absolute atomic E-state index is 10.4. The standard InChI is InChI=1S/C17H18N2O/c1-13-5-3-4-6-17(13)19-14(2)18-16-9-7-15(8-10-16)11-12-20/h3-10,12,18-19H,2,11H2,1H3. The third kappa shape index (κ3) is 3.72. The minimum Gasteiger partial charge on any atom is -0.342 e. The molecule has 0 aromatic heterocycles. The van der Waals surface area contributed by atoms with Crippen LogP contribution < -0.4 is 10.6 Å². The van der Waals surface area contributed by atoms with Gasteiger partial charge in [0.05, 0.1) is 0 Å². The van der Waals surface area contributed by atoms with E-state index in [1.54, 1.807) is 0 Å². The summed E-state index contributed by atoms with van der Waals surface area (Å²) in [4.78, 5) is 10.4. The highest BCUT2D eigenvalue weighted by atomic mass is 16.1. The lowest BCUT2D eigenvalue weighted by molar-refractivity contribution is -0.107. The second kappa shape index (κ2) is 6.57. The van der Waals surface area contributed by atoms with Gasteiger partial charge in [0.2, 0.25) is 0 Å². The molecule has 0 saturated carbocycles. The topological polar surface area (TPSA) is 41.1 Å². The predicted octanol–water partition coefficient (Wildman–Crippen LogP) is 3.73. The van der Waals surface area contributed by atoms with Crippen molar-refractivity contribution >= 4 is 17.7 Å². The number of benzene rings is 2. The van der Waals surface area contributed by atoms with Crippen molar-refractivity contribution in [2.24, 2.45) is 0 Å². The molecule has 102 valence electrons. The Morgan fingerprint density at radius 2 is 1.80 bits per heavy atom. The van der Waals surface area contributed by atoms with Gasteiger partial charge in [0.1, 0.15) is 12.1 Å². The molecule has 0 aliphatic heterocycles. The van der Waals surface area contributed by atoms with Crippen molar-refractivity contribution in [2.45, 2.75) is 13.3 Å². The van der Waals surface area contributed by atoms with Gasteiger partial charge in [-0.15, -0.1) is 0 Å². The quantitative estimate of drug-likeness (QED) is 0.783. The Labute approximate surface area is 119 Å². The molecule has 0 unspecified atom stereocenters. The molecule has 20 heavy (non-hydrogen) atoms. The van der Waals surface area contributed by atoms with Crippen molar-refractivity contribution in [3.63, 3.8) is 0 Å². The molecule has 0 saturated heterocycles. The molecule has 3 nitrogen and oxygen atoms in total. The fraction of sp³-hybridized carbons (Fsp3) is 0.118. The number of aldehydes is 1. The number of carbonyl (C=O) groups excluding carboxylic acids is 1. The van der Waals surface area contributed by atoms with E-state index in [0.717, 1.165) is 28.8 Å². The van der Waals surface area contributed by atoms with E-state index in [1.165, 1.54) is 0 Å². The van der Waals surface area contributed by atoms with Crippen LogP contribution in [0.2, 0.25) is 0 Å². The lowest BCUT2D eigenvalue weighted by Crippen LogP contribution is -2.08. The van der Waals surface area contributed by atoms with Gasteiger partial charge in [0.15, 0.2) is 0 Å². The van der Waals surface area contributed by atoms with Crippen LogP contribution in [0.15, 0.2) is 60.9 Å². The van der Waals surface area contributed by atoms with E-state index in [1.807, 2.05) is 55.5 Å². The number of hydrogen-bond donors (Lipinski definition) is 2. The van der Waals surface area contributed by atoms with Crippen LogP contribution >= 0.6 is 0 Å². The summed E-state index contributed by atoms with van der Waals surface area (Å²) < 4.78 is 0. The van der Waals surface area contributed by atoms with Crippen molar-refractivity contribution in [1.29, 1.82) is 0 Å². The van der Waals surface area contributed by atoms with E-state index in [-0.39, 0.29) is 0 Å². The molecule has 0 spiro atoms. The van der Waals surface area contributed by atoms with Gasteiger partial charge in [0.25, 0.3) is 0 Å². The van der Waals surface area contributed by atoms with Crippen LogP contribution in [0, 0.1) is 6.92 Å². The summed E-state index contributed by atoms with van der Waals surface area (Å²) >= 11 is 0. The number of hydrogen-bond acceptors (Lipinski definition) is 3. The zero-order chi connectivity index (χ0) is 14.4. The highest BCUT2D eigenvalue weighted by Gasteiger charge is 2.00. The predicted molar refractivity (Wildman–Crippen MR) is 83.8 cm³/mol. The first-order valence-electron chi connectivity index (χ1n) is 6.50. The van der Waals surface area contributed by atoms with Crippen LogP contribution in [-0.2, 0) is 11.2 Å². The van der Waals surface area contributed by atoms with Crippen LogP contribution in [0.3, 0.4) is 0 Å². The Morgan fingerprint density at radius 3 is 2.45 bits per heavy atom. The van der Waals surface area contributed by atoms with Crippen LogP contribution in [-0.4, -0.2) is 6.29 Å². The second-order valence-corrected chi connectivity index (χ2v) is 4.61. The molecule has 0 aliphatic carbocycles. The number of anilines is 2. The average molecular weight is 266 g/mol. The Kier molecular flexibility index (Phi) is 4.56. The fourth-order valence-corrected chi connectivity index (χ4v) is 1.90. The molecule has 2 rings (SSSR count). The molecule has 0 amide bonds. The summed E-state index contributed by atoms with van der Waals surface area (Å²) in [5.41, 5.74) is 4.13. The highest BCUT2D eigenvalue weighted by Crippen LogP contribution is 2.17. The molecule has 0 fully saturated rings. The SMILES string of the molecule is C=C(Nc1ccc(CC=O)cc1)Nc1ccccc1C. The summed E-state index contributed by atoms with van der Waals surface area (Å²) in [7, 11) is 0. The molecule has 0 atom stereocenters. The van der Waals surface area contributed by atoms with E-state index in [0.29, 0.717) is 12.2 Å². The molecular weight excluding hydrogens is 248 g/mol. The Morgan fingerprint density at radius 1 is 1.10 bits per heavy atom. The molecule has 0 heterocycles. The molecule has 2 aromatic carbocycles. The summed E-state index contributed by atoms with van der Waals surface area (Å²) in [5, 5.41) is 6.43. The van der Waals surface area contributed by atoms with Gasteiger partial charge in [-0.1, -0.05) is 36.9 Å². The van der Waals surface area contributed by atoms with Crippen LogP contribution in [0.5, 0.6) is 0 Å². The molecule has 2 aromatic rings. The third-order valence-corrected chi connectivity index (χ3v) is 3.00. The number of rotatable bonds is 6. The van der Waals surface area contributed by atoms with Crippen molar-refractivity contribution in [2.75, 3.05) is 10.6 Å². The lowest BCUT2D eigenvalue weighted by atomic mass is 10.1. The van der Waals surface area contributed by atoms with Gasteiger partial charge < -0.3 is 15.4 Å². The molecule has 0 radical (unpaired) electrons. The molecule has 2 N–H and O–H groups in total. The van der Waals surface area contributed by atoms with E-state index in [9.17, 15) is 4.79 Å². The third-order valence-electron chi connectivity index (χ3n) is 3.00. The van der Waals surface area contributed by atoms with Gasteiger partial charge in [-0.3, -0.25) is 0 Å². The van der Waals surface area contributed by atoms with Gasteiger partial charge in [-0.2, -0.15) is 0 Å².